The Kier molecular flexibility index (Phi) is 4.92. The first-order valence-electron chi connectivity index (χ1n) is 10.4. The third-order valence-corrected chi connectivity index (χ3v) is 6.45. The molecule has 3 aromatic rings. The van der Waals surface area contributed by atoms with Crippen LogP contribution in [0.3, 0.4) is 0 Å². The molecular formula is C23H23FN4O3. The van der Waals surface area contributed by atoms with Gasteiger partial charge < -0.3 is 14.8 Å². The molecule has 1 amide bonds. The van der Waals surface area contributed by atoms with Gasteiger partial charge in [0.15, 0.2) is 0 Å². The minimum Gasteiger partial charge on any atom is -0.481 e. The van der Waals surface area contributed by atoms with E-state index >= 15 is 0 Å². The molecule has 0 radical (unpaired) electrons. The van der Waals surface area contributed by atoms with Gasteiger partial charge >= 0.3 is 0 Å². The normalized spacial score (nSPS) is 25.0. The van der Waals surface area contributed by atoms with Crippen LogP contribution in [0, 0.1) is 23.6 Å². The first kappa shape index (κ1) is 19.7. The van der Waals surface area contributed by atoms with Gasteiger partial charge in [-0.2, -0.15) is 0 Å². The third kappa shape index (κ3) is 3.78. The van der Waals surface area contributed by atoms with Crippen molar-refractivity contribution in [1.82, 2.24) is 20.3 Å². The van der Waals surface area contributed by atoms with Crippen LogP contribution in [0.15, 0.2) is 42.9 Å². The molecule has 160 valence electrons. The number of hydrogen-bond donors (Lipinski definition) is 1. The van der Waals surface area contributed by atoms with Gasteiger partial charge in [0.05, 0.1) is 23.6 Å². The highest BCUT2D eigenvalue weighted by atomic mass is 19.1. The second kappa shape index (κ2) is 7.76. The van der Waals surface area contributed by atoms with Crippen molar-refractivity contribution in [2.45, 2.75) is 31.9 Å². The highest BCUT2D eigenvalue weighted by Crippen LogP contribution is 2.59. The minimum atomic E-state index is -0.330. The van der Waals surface area contributed by atoms with Crippen molar-refractivity contribution in [1.29, 1.82) is 0 Å². The number of nitrogens with zero attached hydrogens (tertiary/aromatic N) is 3. The Morgan fingerprint density at radius 1 is 1.16 bits per heavy atom. The highest BCUT2D eigenvalue weighted by Gasteiger charge is 2.58. The Labute approximate surface area is 179 Å². The standard InChI is InChI=1S/C23H23FN4O3/c1-12(28-22(29)13-3-6-20(30-2)25-10-13)21-17-8-15(9-18(17)21)31-23-16-5-4-14(24)7-19(16)26-11-27-23/h3-7,10-12,15,17-18,21H,8-9H2,1-2H3,(H,28,29)/t12?,15?,17-,18+,21?. The van der Waals surface area contributed by atoms with Gasteiger partial charge in [-0.25, -0.2) is 19.3 Å². The Balaban J connectivity index is 1.17. The second-order valence-corrected chi connectivity index (χ2v) is 8.31. The lowest BCUT2D eigenvalue weighted by Gasteiger charge is -2.20. The van der Waals surface area contributed by atoms with Crippen LogP contribution >= 0.6 is 0 Å². The molecule has 7 nitrogen and oxygen atoms in total. The zero-order valence-corrected chi connectivity index (χ0v) is 17.3. The van der Waals surface area contributed by atoms with Crippen molar-refractivity contribution in [3.05, 3.63) is 54.2 Å². The minimum absolute atomic E-state index is 0.0723. The fourth-order valence-corrected chi connectivity index (χ4v) is 4.96. The van der Waals surface area contributed by atoms with Crippen molar-refractivity contribution < 1.29 is 18.7 Å². The third-order valence-electron chi connectivity index (χ3n) is 6.45. The molecule has 3 unspecified atom stereocenters. The van der Waals surface area contributed by atoms with E-state index in [1.54, 1.807) is 25.3 Å². The lowest BCUT2D eigenvalue weighted by atomic mass is 10.0. The molecule has 5 atom stereocenters. The summed E-state index contributed by atoms with van der Waals surface area (Å²) in [4.78, 5) is 25.0. The van der Waals surface area contributed by atoms with E-state index in [1.807, 2.05) is 0 Å². The number of fused-ring (bicyclic) bond motifs is 2. The molecule has 31 heavy (non-hydrogen) atoms. The summed E-state index contributed by atoms with van der Waals surface area (Å²) in [6.07, 6.45) is 4.85. The highest BCUT2D eigenvalue weighted by molar-refractivity contribution is 5.94. The fourth-order valence-electron chi connectivity index (χ4n) is 4.96. The maximum Gasteiger partial charge on any atom is 0.253 e. The van der Waals surface area contributed by atoms with Gasteiger partial charge in [-0.3, -0.25) is 4.79 Å². The van der Waals surface area contributed by atoms with E-state index in [1.165, 1.54) is 24.7 Å². The monoisotopic (exact) mass is 422 g/mol. The van der Waals surface area contributed by atoms with E-state index in [9.17, 15) is 9.18 Å². The second-order valence-electron chi connectivity index (χ2n) is 8.31. The van der Waals surface area contributed by atoms with Crippen LogP contribution < -0.4 is 14.8 Å². The molecule has 5 rings (SSSR count). The van der Waals surface area contributed by atoms with Gasteiger partial charge in [0.25, 0.3) is 5.91 Å². The number of methoxy groups -OCH3 is 1. The number of benzene rings is 1. The summed E-state index contributed by atoms with van der Waals surface area (Å²) < 4.78 is 24.6. The van der Waals surface area contributed by atoms with Crippen molar-refractivity contribution in [3.63, 3.8) is 0 Å². The summed E-state index contributed by atoms with van der Waals surface area (Å²) in [7, 11) is 1.54. The molecule has 2 aliphatic carbocycles. The maximum atomic E-state index is 13.4. The van der Waals surface area contributed by atoms with Gasteiger partial charge in [0, 0.05) is 24.4 Å². The number of halogens is 1. The number of hydrogen-bond acceptors (Lipinski definition) is 6. The number of aromatic nitrogens is 3. The molecule has 1 aromatic carbocycles. The predicted molar refractivity (Wildman–Crippen MR) is 111 cm³/mol. The van der Waals surface area contributed by atoms with Crippen LogP contribution in [0.5, 0.6) is 11.8 Å². The van der Waals surface area contributed by atoms with E-state index < -0.39 is 0 Å². The molecule has 1 N–H and O–H groups in total. The fraction of sp³-hybridized carbons (Fsp3) is 0.391. The average Bonchev–Trinajstić information content (AvgIpc) is 3.29. The lowest BCUT2D eigenvalue weighted by Crippen LogP contribution is -2.36. The predicted octanol–water partition coefficient (Wildman–Crippen LogP) is 3.39. The molecule has 0 spiro atoms. The van der Waals surface area contributed by atoms with Gasteiger partial charge in [-0.15, -0.1) is 0 Å². The van der Waals surface area contributed by atoms with Crippen LogP contribution in [0.2, 0.25) is 0 Å². The largest absolute Gasteiger partial charge is 0.481 e. The smallest absolute Gasteiger partial charge is 0.253 e. The SMILES string of the molecule is COc1ccc(C(=O)NC(C)C2[C@H]3CC(Oc4ncnc5cc(F)ccc45)C[C@@H]23)cn1. The van der Waals surface area contributed by atoms with Gasteiger partial charge in [0.1, 0.15) is 18.2 Å². The van der Waals surface area contributed by atoms with Crippen molar-refractivity contribution in [2.75, 3.05) is 7.11 Å². The molecule has 2 aliphatic rings. The Morgan fingerprint density at radius 2 is 1.97 bits per heavy atom. The van der Waals surface area contributed by atoms with Gasteiger partial charge in [0.2, 0.25) is 11.8 Å². The molecule has 2 fully saturated rings. The lowest BCUT2D eigenvalue weighted by molar-refractivity contribution is 0.0929. The number of ether oxygens (including phenoxy) is 2. The summed E-state index contributed by atoms with van der Waals surface area (Å²) in [6, 6.07) is 7.90. The molecule has 0 bridgehead atoms. The van der Waals surface area contributed by atoms with E-state index in [0.717, 1.165) is 18.2 Å². The van der Waals surface area contributed by atoms with E-state index in [-0.39, 0.29) is 23.9 Å². The topological polar surface area (TPSA) is 86.2 Å². The van der Waals surface area contributed by atoms with Crippen LogP contribution in [-0.4, -0.2) is 40.1 Å². The van der Waals surface area contributed by atoms with Crippen molar-refractivity contribution in [3.8, 4) is 11.8 Å². The molecule has 2 aromatic heterocycles. The number of carbonyl (C=O) groups is 1. The first-order valence-corrected chi connectivity index (χ1v) is 10.4. The summed E-state index contributed by atoms with van der Waals surface area (Å²) >= 11 is 0. The molecule has 2 heterocycles. The zero-order chi connectivity index (χ0) is 21.5. The van der Waals surface area contributed by atoms with Gasteiger partial charge in [-0.1, -0.05) is 0 Å². The quantitative estimate of drug-likeness (QED) is 0.655. The Morgan fingerprint density at radius 3 is 2.68 bits per heavy atom. The molecular weight excluding hydrogens is 399 g/mol. The number of pyridine rings is 1. The summed E-state index contributed by atoms with van der Waals surface area (Å²) in [5.74, 6) is 2.03. The van der Waals surface area contributed by atoms with E-state index in [2.05, 4.69) is 27.2 Å². The summed E-state index contributed by atoms with van der Waals surface area (Å²) in [5, 5.41) is 3.82. The molecule has 0 saturated heterocycles. The molecule has 8 heteroatoms. The summed E-state index contributed by atoms with van der Waals surface area (Å²) in [6.45, 7) is 2.06. The Hall–Kier alpha value is -3.29. The maximum absolute atomic E-state index is 13.4. The van der Waals surface area contributed by atoms with E-state index in [4.69, 9.17) is 9.47 Å². The first-order chi connectivity index (χ1) is 15.0. The van der Waals surface area contributed by atoms with Gasteiger partial charge in [-0.05, 0) is 55.7 Å². The summed E-state index contributed by atoms with van der Waals surface area (Å²) in [5.41, 5.74) is 1.06. The Bertz CT molecular complexity index is 1110. The molecule has 2 saturated carbocycles. The number of rotatable bonds is 6. The molecule has 0 aliphatic heterocycles. The van der Waals surface area contributed by atoms with Crippen LogP contribution in [0.25, 0.3) is 10.9 Å². The van der Waals surface area contributed by atoms with Crippen molar-refractivity contribution in [2.24, 2.45) is 17.8 Å². The average molecular weight is 422 g/mol. The van der Waals surface area contributed by atoms with Crippen molar-refractivity contribution >= 4 is 16.8 Å². The van der Waals surface area contributed by atoms with Crippen LogP contribution in [-0.2, 0) is 0 Å². The van der Waals surface area contributed by atoms with Crippen LogP contribution in [0.4, 0.5) is 4.39 Å². The van der Waals surface area contributed by atoms with E-state index in [0.29, 0.717) is 40.6 Å². The number of carbonyl (C=O) groups excluding carboxylic acids is 1. The van der Waals surface area contributed by atoms with Crippen LogP contribution in [0.1, 0.15) is 30.1 Å². The zero-order valence-electron chi connectivity index (χ0n) is 17.3. The number of amides is 1. The number of nitrogens with one attached hydrogen (secondary N) is 1.